The second-order valence-electron chi connectivity index (χ2n) is 7.99. The molecular weight excluding hydrogens is 463 g/mol. The van der Waals surface area contributed by atoms with Crippen molar-refractivity contribution in [3.05, 3.63) is 27.3 Å². The van der Waals surface area contributed by atoms with Crippen LogP contribution in [-0.2, 0) is 11.3 Å². The molecule has 0 saturated carbocycles. The highest BCUT2D eigenvalue weighted by molar-refractivity contribution is 7.17. The summed E-state index contributed by atoms with van der Waals surface area (Å²) in [6.45, 7) is 5.24. The lowest BCUT2D eigenvalue weighted by Gasteiger charge is -2.17. The molecule has 2 rings (SSSR count). The summed E-state index contributed by atoms with van der Waals surface area (Å²) in [6, 6.07) is 0. The Kier molecular flexibility index (Phi) is 8.49. The van der Waals surface area contributed by atoms with Crippen LogP contribution in [0, 0.1) is 11.3 Å². The summed E-state index contributed by atoms with van der Waals surface area (Å²) in [6.07, 6.45) is -6.36. The summed E-state index contributed by atoms with van der Waals surface area (Å²) in [5, 5.41) is 24.0. The van der Waals surface area contributed by atoms with Crippen LogP contribution in [0.1, 0.15) is 46.4 Å². The van der Waals surface area contributed by atoms with E-state index in [0.717, 1.165) is 16.4 Å². The van der Waals surface area contributed by atoms with E-state index in [9.17, 15) is 27.9 Å². The summed E-state index contributed by atoms with van der Waals surface area (Å²) in [5.74, 6) is -1.22. The van der Waals surface area contributed by atoms with E-state index in [1.54, 1.807) is 0 Å². The van der Waals surface area contributed by atoms with E-state index in [1.807, 2.05) is 13.8 Å². The first-order chi connectivity index (χ1) is 15.3. The third kappa shape index (κ3) is 6.24. The topological polar surface area (TPSA) is 141 Å². The number of thiophene rings is 1. The molecule has 1 fully saturated rings. The van der Waals surface area contributed by atoms with Gasteiger partial charge in [0.25, 0.3) is 11.8 Å². The van der Waals surface area contributed by atoms with Gasteiger partial charge in [0.05, 0.1) is 17.7 Å². The van der Waals surface area contributed by atoms with Crippen molar-refractivity contribution < 1.29 is 32.7 Å². The molecule has 0 bridgehead atoms. The highest BCUT2D eigenvalue weighted by Gasteiger charge is 2.39. The number of nitrogens with two attached hydrogens (primary N) is 1. The van der Waals surface area contributed by atoms with Gasteiger partial charge in [-0.3, -0.25) is 19.8 Å². The molecule has 6 N–H and O–H groups in total. The Bertz CT molecular complexity index is 954. The molecule has 0 radical (unpaired) electrons. The number of allylic oxidation sites excluding steroid dienone is 2. The normalized spacial score (nSPS) is 17.2. The maximum Gasteiger partial charge on any atom is 0.433 e. The molecule has 1 atom stereocenters. The van der Waals surface area contributed by atoms with Gasteiger partial charge in [-0.2, -0.15) is 13.2 Å². The minimum Gasteiger partial charge on any atom is -0.402 e. The number of alkyl halides is 3. The predicted molar refractivity (Wildman–Crippen MR) is 118 cm³/mol. The molecule has 2 heterocycles. The molecule has 1 saturated heterocycles. The molecule has 0 aliphatic carbocycles. The zero-order chi connectivity index (χ0) is 25.1. The van der Waals surface area contributed by atoms with Crippen molar-refractivity contribution >= 4 is 33.9 Å². The first kappa shape index (κ1) is 26.6. The maximum absolute atomic E-state index is 13.3. The molecule has 184 valence electrons. The zero-order valence-electron chi connectivity index (χ0n) is 18.7. The van der Waals surface area contributed by atoms with Gasteiger partial charge in [-0.1, -0.05) is 13.8 Å². The summed E-state index contributed by atoms with van der Waals surface area (Å²) >= 11 is 0.942. The highest BCUT2D eigenvalue weighted by atomic mass is 32.1. The lowest BCUT2D eigenvalue weighted by Crippen LogP contribution is -2.32. The molecule has 1 aromatic heterocycles. The van der Waals surface area contributed by atoms with E-state index in [2.05, 4.69) is 10.6 Å². The Morgan fingerprint density at radius 2 is 2.00 bits per heavy atom. The number of hydrogen-bond acceptors (Lipinski definition) is 8. The molecular formula is C20H28F3N5O4S. The van der Waals surface area contributed by atoms with E-state index in [4.69, 9.17) is 16.0 Å². The number of aliphatic hydroxyl groups excluding tert-OH is 1. The smallest absolute Gasteiger partial charge is 0.402 e. The zero-order valence-corrected chi connectivity index (χ0v) is 19.5. The van der Waals surface area contributed by atoms with Crippen LogP contribution >= 0.6 is 11.3 Å². The van der Waals surface area contributed by atoms with Crippen LogP contribution in [0.4, 0.5) is 18.2 Å². The minimum absolute atomic E-state index is 0.0410. The van der Waals surface area contributed by atoms with E-state index in [-0.39, 0.29) is 40.8 Å². The van der Waals surface area contributed by atoms with Gasteiger partial charge < -0.3 is 21.5 Å². The Hall–Kier alpha value is -2.64. The number of rotatable bonds is 8. The second-order valence-corrected chi connectivity index (χ2v) is 9.09. The maximum atomic E-state index is 13.3. The summed E-state index contributed by atoms with van der Waals surface area (Å²) < 4.78 is 39.8. The monoisotopic (exact) mass is 491 g/mol. The number of carbonyl (C=O) groups excluding carboxylic acids is 2. The number of nitrogens with one attached hydrogen (secondary N) is 3. The van der Waals surface area contributed by atoms with Crippen molar-refractivity contribution in [1.29, 1.82) is 5.41 Å². The third-order valence-electron chi connectivity index (χ3n) is 4.74. The Morgan fingerprint density at radius 3 is 2.45 bits per heavy atom. The van der Waals surface area contributed by atoms with Gasteiger partial charge in [0.1, 0.15) is 23.4 Å². The molecule has 1 aliphatic heterocycles. The van der Waals surface area contributed by atoms with Crippen molar-refractivity contribution in [2.45, 2.75) is 39.5 Å². The van der Waals surface area contributed by atoms with Gasteiger partial charge >= 0.3 is 6.18 Å². The number of carbonyl (C=O) groups is 2. The van der Waals surface area contributed by atoms with Crippen molar-refractivity contribution in [3.63, 3.8) is 0 Å². The number of aliphatic hydroxyl groups is 1. The van der Waals surface area contributed by atoms with Gasteiger partial charge in [0.2, 0.25) is 0 Å². The number of β-amino-alcohol motifs (C(OH)–C–C–N with tert-alkyl or cyclic N) is 1. The summed E-state index contributed by atoms with van der Waals surface area (Å²) in [4.78, 5) is 31.3. The van der Waals surface area contributed by atoms with E-state index in [0.29, 0.717) is 11.5 Å². The van der Waals surface area contributed by atoms with Gasteiger partial charge in [0.15, 0.2) is 0 Å². The van der Waals surface area contributed by atoms with Crippen molar-refractivity contribution in [2.24, 2.45) is 11.7 Å². The first-order valence-corrected chi connectivity index (χ1v) is 10.9. The van der Waals surface area contributed by atoms with Crippen molar-refractivity contribution in [1.82, 2.24) is 10.4 Å². The number of nitrogens with zero attached hydrogens (tertiary/aromatic N) is 1. The first-order valence-electron chi connectivity index (χ1n) is 10.1. The second kappa shape index (κ2) is 10.5. The van der Waals surface area contributed by atoms with Gasteiger partial charge in [0, 0.05) is 36.2 Å². The molecule has 1 aromatic rings. The van der Waals surface area contributed by atoms with Crippen LogP contribution in [0.15, 0.2) is 11.3 Å². The standard InChI is InChI=1S/C20H28F3N5O4S/c1-9(2)6-27-18-15(17(30)26-4)14(19(31)28-7-11(29)8-32-28)13(33-18)5-12(10(3)24)16(25)20(21,22)23/h9,11,25,27,29H,5-8,24H2,1-4H3,(H,26,30)/b12-10-,25-16?/t11-/m0/s1. The van der Waals surface area contributed by atoms with Gasteiger partial charge in [-0.05, 0) is 12.8 Å². The molecule has 9 nitrogen and oxygen atoms in total. The number of amides is 2. The van der Waals surface area contributed by atoms with E-state index >= 15 is 0 Å². The molecule has 2 amide bonds. The number of hydrogen-bond donors (Lipinski definition) is 5. The third-order valence-corrected chi connectivity index (χ3v) is 5.89. The Labute approximate surface area is 193 Å². The number of halogens is 3. The fraction of sp³-hybridized carbons (Fsp3) is 0.550. The van der Waals surface area contributed by atoms with Crippen molar-refractivity contribution in [3.8, 4) is 0 Å². The van der Waals surface area contributed by atoms with Crippen LogP contribution in [0.25, 0.3) is 0 Å². The predicted octanol–water partition coefficient (Wildman–Crippen LogP) is 2.28. The molecule has 33 heavy (non-hydrogen) atoms. The summed E-state index contributed by atoms with van der Waals surface area (Å²) in [5.41, 5.74) is 3.12. The molecule has 13 heteroatoms. The van der Waals surface area contributed by atoms with Gasteiger partial charge in [-0.25, -0.2) is 5.06 Å². The number of anilines is 1. The quantitative estimate of drug-likeness (QED) is 0.354. The molecule has 0 aromatic carbocycles. The number of hydroxylamine groups is 2. The molecule has 1 aliphatic rings. The summed E-state index contributed by atoms with van der Waals surface area (Å²) in [7, 11) is 1.37. The average Bonchev–Trinajstić information content (AvgIpc) is 3.31. The average molecular weight is 492 g/mol. The Balaban J connectivity index is 2.66. The fourth-order valence-electron chi connectivity index (χ4n) is 3.09. The fourth-order valence-corrected chi connectivity index (χ4v) is 4.29. The van der Waals surface area contributed by atoms with Crippen LogP contribution in [0.3, 0.4) is 0 Å². The van der Waals surface area contributed by atoms with Crippen LogP contribution < -0.4 is 16.4 Å². The molecule has 0 unspecified atom stereocenters. The lowest BCUT2D eigenvalue weighted by molar-refractivity contribution is -0.0780. The lowest BCUT2D eigenvalue weighted by atomic mass is 9.99. The molecule has 0 spiro atoms. The SMILES string of the molecule is CNC(=O)c1c(NCC(C)C)sc(C/C(C(=N)C(F)(F)F)=C(\C)N)c1C(=O)N1C[C@H](O)CO1. The van der Waals surface area contributed by atoms with Crippen LogP contribution in [-0.4, -0.2) is 66.7 Å². The van der Waals surface area contributed by atoms with E-state index < -0.39 is 41.8 Å². The Morgan fingerprint density at radius 1 is 1.36 bits per heavy atom. The largest absolute Gasteiger partial charge is 0.433 e. The van der Waals surface area contributed by atoms with Crippen LogP contribution in [0.2, 0.25) is 0 Å². The highest BCUT2D eigenvalue weighted by Crippen LogP contribution is 2.38. The van der Waals surface area contributed by atoms with Gasteiger partial charge in [-0.15, -0.1) is 11.3 Å². The van der Waals surface area contributed by atoms with Crippen LogP contribution in [0.5, 0.6) is 0 Å². The minimum atomic E-state index is -4.94. The van der Waals surface area contributed by atoms with E-state index in [1.165, 1.54) is 14.0 Å². The van der Waals surface area contributed by atoms with Crippen molar-refractivity contribution in [2.75, 3.05) is 32.1 Å².